The van der Waals surface area contributed by atoms with Gasteiger partial charge in [-0.2, -0.15) is 0 Å². The van der Waals surface area contributed by atoms with Crippen molar-refractivity contribution in [1.29, 1.82) is 0 Å². The Morgan fingerprint density at radius 1 is 1.32 bits per heavy atom. The van der Waals surface area contributed by atoms with E-state index in [1.165, 1.54) is 0 Å². The summed E-state index contributed by atoms with van der Waals surface area (Å²) in [6.45, 7) is 7.28. The van der Waals surface area contributed by atoms with Gasteiger partial charge in [-0.05, 0) is 25.0 Å². The highest BCUT2D eigenvalue weighted by Gasteiger charge is 2.52. The fraction of sp³-hybridized carbons (Fsp3) is 0.579. The Balaban J connectivity index is 1.70. The molecule has 2 aromatic rings. The van der Waals surface area contributed by atoms with Crippen LogP contribution in [0.4, 0.5) is 0 Å². The minimum absolute atomic E-state index is 0.0607. The molecule has 1 aliphatic carbocycles. The number of ether oxygens (including phenoxy) is 1. The maximum Gasteiger partial charge on any atom is 0.272 e. The Morgan fingerprint density at radius 3 is 2.80 bits per heavy atom. The van der Waals surface area contributed by atoms with Crippen LogP contribution in [0.15, 0.2) is 24.5 Å². The first-order chi connectivity index (χ1) is 11.9. The smallest absolute Gasteiger partial charge is 0.272 e. The van der Waals surface area contributed by atoms with Gasteiger partial charge in [-0.3, -0.25) is 9.78 Å². The number of amides is 1. The van der Waals surface area contributed by atoms with Crippen molar-refractivity contribution in [2.75, 3.05) is 13.7 Å². The van der Waals surface area contributed by atoms with Crippen LogP contribution >= 0.6 is 0 Å². The van der Waals surface area contributed by atoms with Gasteiger partial charge in [-0.25, -0.2) is 9.97 Å². The largest absolute Gasteiger partial charge is 0.378 e. The average Bonchev–Trinajstić information content (AvgIpc) is 2.62. The van der Waals surface area contributed by atoms with Gasteiger partial charge in [0.15, 0.2) is 5.65 Å². The molecule has 6 heteroatoms. The molecule has 0 radical (unpaired) electrons. The van der Waals surface area contributed by atoms with Crippen LogP contribution in [0.3, 0.4) is 0 Å². The van der Waals surface area contributed by atoms with Crippen LogP contribution in [0.1, 0.15) is 50.5 Å². The predicted octanol–water partition coefficient (Wildman–Crippen LogP) is 3.08. The molecule has 1 saturated carbocycles. The molecule has 0 spiro atoms. The summed E-state index contributed by atoms with van der Waals surface area (Å²) in [4.78, 5) is 27.4. The molecule has 25 heavy (non-hydrogen) atoms. The number of aromatic nitrogens is 3. The van der Waals surface area contributed by atoms with Gasteiger partial charge in [0.2, 0.25) is 0 Å². The summed E-state index contributed by atoms with van der Waals surface area (Å²) < 4.78 is 5.99. The number of carbonyl (C=O) groups excluding carboxylic acids is 1. The molecule has 2 heterocycles. The number of pyridine rings is 1. The van der Waals surface area contributed by atoms with E-state index >= 15 is 0 Å². The summed E-state index contributed by atoms with van der Waals surface area (Å²) >= 11 is 0. The molecule has 3 rings (SSSR count). The minimum Gasteiger partial charge on any atom is -0.378 e. The number of carbonyl (C=O) groups is 1. The summed E-state index contributed by atoms with van der Waals surface area (Å²) in [7, 11) is 1.85. The minimum atomic E-state index is -0.0855. The van der Waals surface area contributed by atoms with E-state index in [2.05, 4.69) is 35.7 Å². The van der Waals surface area contributed by atoms with E-state index in [-0.39, 0.29) is 23.5 Å². The molecule has 0 N–H and O–H groups in total. The fourth-order valence-electron chi connectivity index (χ4n) is 3.47. The second kappa shape index (κ2) is 7.04. The van der Waals surface area contributed by atoms with Gasteiger partial charge in [-0.15, -0.1) is 0 Å². The van der Waals surface area contributed by atoms with Crippen molar-refractivity contribution in [3.8, 4) is 0 Å². The lowest BCUT2D eigenvalue weighted by molar-refractivity contribution is -0.140. The molecule has 1 amide bonds. The van der Waals surface area contributed by atoms with Crippen molar-refractivity contribution >= 4 is 17.1 Å². The number of unbranched alkanes of at least 4 members (excludes halogenated alkanes) is 1. The van der Waals surface area contributed by atoms with Gasteiger partial charge in [0.25, 0.3) is 5.91 Å². The first kappa shape index (κ1) is 17.7. The van der Waals surface area contributed by atoms with Gasteiger partial charge < -0.3 is 9.64 Å². The first-order valence-corrected chi connectivity index (χ1v) is 8.91. The maximum absolute atomic E-state index is 12.9. The van der Waals surface area contributed by atoms with Crippen LogP contribution in [0.5, 0.6) is 0 Å². The van der Waals surface area contributed by atoms with Gasteiger partial charge in [-0.1, -0.05) is 27.2 Å². The average molecular weight is 342 g/mol. The summed E-state index contributed by atoms with van der Waals surface area (Å²) in [5.41, 5.74) is 1.53. The van der Waals surface area contributed by atoms with Crippen LogP contribution < -0.4 is 0 Å². The number of rotatable bonds is 6. The number of hydrogen-bond donors (Lipinski definition) is 0. The molecule has 1 fully saturated rings. The van der Waals surface area contributed by atoms with Gasteiger partial charge in [0, 0.05) is 37.5 Å². The third-order valence-electron chi connectivity index (χ3n) is 5.28. The molecule has 0 saturated heterocycles. The lowest BCUT2D eigenvalue weighted by Gasteiger charge is -2.54. The third-order valence-corrected chi connectivity index (χ3v) is 5.28. The molecule has 6 nitrogen and oxygen atoms in total. The van der Waals surface area contributed by atoms with Gasteiger partial charge in [0.1, 0.15) is 11.2 Å². The second-order valence-electron chi connectivity index (χ2n) is 7.30. The normalized spacial score (nSPS) is 21.8. The van der Waals surface area contributed by atoms with Gasteiger partial charge >= 0.3 is 0 Å². The summed E-state index contributed by atoms with van der Waals surface area (Å²) in [5.74, 6) is -0.0855. The molecule has 134 valence electrons. The second-order valence-corrected chi connectivity index (χ2v) is 7.30. The first-order valence-electron chi connectivity index (χ1n) is 8.91. The van der Waals surface area contributed by atoms with Crippen molar-refractivity contribution in [2.24, 2.45) is 5.41 Å². The summed E-state index contributed by atoms with van der Waals surface area (Å²) in [5, 5.41) is 0. The fourth-order valence-corrected chi connectivity index (χ4v) is 3.47. The molecular formula is C19H26N4O2. The van der Waals surface area contributed by atoms with Crippen LogP contribution in [-0.4, -0.2) is 51.6 Å². The Hall–Kier alpha value is -2.08. The Kier molecular flexibility index (Phi) is 4.99. The molecule has 2 atom stereocenters. The van der Waals surface area contributed by atoms with E-state index < -0.39 is 0 Å². The maximum atomic E-state index is 12.9. The molecule has 2 aromatic heterocycles. The summed E-state index contributed by atoms with van der Waals surface area (Å²) in [6.07, 6.45) is 6.48. The molecule has 1 aliphatic rings. The van der Waals surface area contributed by atoms with Crippen LogP contribution in [0.2, 0.25) is 0 Å². The third kappa shape index (κ3) is 3.35. The van der Waals surface area contributed by atoms with E-state index in [9.17, 15) is 4.79 Å². The van der Waals surface area contributed by atoms with Gasteiger partial charge in [0.05, 0.1) is 6.10 Å². The van der Waals surface area contributed by atoms with E-state index in [1.54, 1.807) is 29.4 Å². The standard InChI is InChI=1S/C19H26N4O2/c1-5-6-11-25-16-12-15(19(16,2)3)23(4)18(24)14-8-7-13-17(22-14)21-10-9-20-13/h7-10,15-16H,5-6,11-12H2,1-4H3/t15-,16-/m0/s1. The highest BCUT2D eigenvalue weighted by atomic mass is 16.5. The molecular weight excluding hydrogens is 316 g/mol. The highest BCUT2D eigenvalue weighted by molar-refractivity contribution is 5.94. The van der Waals surface area contributed by atoms with E-state index in [1.807, 2.05) is 7.05 Å². The molecule has 0 bridgehead atoms. The van der Waals surface area contributed by atoms with Crippen molar-refractivity contribution in [3.63, 3.8) is 0 Å². The van der Waals surface area contributed by atoms with E-state index in [0.717, 1.165) is 25.9 Å². The topological polar surface area (TPSA) is 68.2 Å². The zero-order valence-electron chi connectivity index (χ0n) is 15.4. The molecule has 0 aliphatic heterocycles. The Morgan fingerprint density at radius 2 is 2.08 bits per heavy atom. The molecule has 0 aromatic carbocycles. The lowest BCUT2D eigenvalue weighted by Crippen LogP contribution is -2.62. The zero-order chi connectivity index (χ0) is 18.0. The Bertz CT molecular complexity index is 762. The summed E-state index contributed by atoms with van der Waals surface area (Å²) in [6, 6.07) is 3.65. The van der Waals surface area contributed by atoms with Crippen LogP contribution in [0, 0.1) is 5.41 Å². The van der Waals surface area contributed by atoms with E-state index in [0.29, 0.717) is 16.9 Å². The number of hydrogen-bond acceptors (Lipinski definition) is 5. The van der Waals surface area contributed by atoms with Crippen molar-refractivity contribution in [1.82, 2.24) is 19.9 Å². The van der Waals surface area contributed by atoms with Crippen molar-refractivity contribution in [2.45, 2.75) is 52.2 Å². The SMILES string of the molecule is CCCCO[C@H]1C[C@H](N(C)C(=O)c2ccc3nccnc3n2)C1(C)C. The quantitative estimate of drug-likeness (QED) is 0.755. The Labute approximate surface area is 148 Å². The molecule has 0 unspecified atom stereocenters. The van der Waals surface area contributed by atoms with Crippen LogP contribution in [0.25, 0.3) is 11.2 Å². The van der Waals surface area contributed by atoms with Crippen molar-refractivity contribution < 1.29 is 9.53 Å². The monoisotopic (exact) mass is 342 g/mol. The van der Waals surface area contributed by atoms with Crippen molar-refractivity contribution in [3.05, 3.63) is 30.2 Å². The van der Waals surface area contributed by atoms with Crippen LogP contribution in [-0.2, 0) is 4.74 Å². The number of nitrogens with zero attached hydrogens (tertiary/aromatic N) is 4. The zero-order valence-corrected chi connectivity index (χ0v) is 15.4. The number of fused-ring (bicyclic) bond motifs is 1. The highest BCUT2D eigenvalue weighted by Crippen LogP contribution is 2.45. The van der Waals surface area contributed by atoms with E-state index in [4.69, 9.17) is 4.74 Å². The lowest BCUT2D eigenvalue weighted by atomic mass is 9.63. The predicted molar refractivity (Wildman–Crippen MR) is 96.3 cm³/mol.